The van der Waals surface area contributed by atoms with E-state index in [4.69, 9.17) is 0 Å². The second-order valence-electron chi connectivity index (χ2n) is 2.49. The first kappa shape index (κ1) is 7.55. The molecule has 12 heavy (non-hydrogen) atoms. The van der Waals surface area contributed by atoms with Gasteiger partial charge in [0, 0.05) is 27.6 Å². The minimum absolute atomic E-state index is 0.265. The number of hydrogen-bond acceptors (Lipinski definition) is 2. The summed E-state index contributed by atoms with van der Waals surface area (Å²) in [6.45, 7) is 0. The number of aromatic nitrogens is 1. The maximum absolute atomic E-state index is 9.43. The van der Waals surface area contributed by atoms with Crippen LogP contribution in [0.4, 0.5) is 0 Å². The fourth-order valence-electron chi connectivity index (χ4n) is 1.14. The topological polar surface area (TPSA) is 33.1 Å². The van der Waals surface area contributed by atoms with E-state index in [-0.39, 0.29) is 5.75 Å². The molecule has 0 aliphatic carbocycles. The summed E-state index contributed by atoms with van der Waals surface area (Å²) in [5, 5.41) is 11.2. The molecule has 0 saturated heterocycles. The van der Waals surface area contributed by atoms with Gasteiger partial charge in [0.2, 0.25) is 0 Å². The van der Waals surface area contributed by atoms with Crippen molar-refractivity contribution in [3.05, 3.63) is 35.1 Å². The van der Waals surface area contributed by atoms with Crippen molar-refractivity contribution >= 4 is 26.7 Å². The SMILES string of the molecule is Oc1ccc(Br)c2ccncc12. The van der Waals surface area contributed by atoms with Crippen molar-refractivity contribution in [2.75, 3.05) is 0 Å². The molecule has 0 aliphatic rings. The fraction of sp³-hybridized carbons (Fsp3) is 0. The van der Waals surface area contributed by atoms with Crippen molar-refractivity contribution in [3.63, 3.8) is 0 Å². The zero-order valence-corrected chi connectivity index (χ0v) is 7.75. The standard InChI is InChI=1S/C9H6BrNO/c10-8-1-2-9(12)7-5-11-4-3-6(7)8/h1-5,12H. The number of pyridine rings is 1. The Kier molecular flexibility index (Phi) is 1.73. The molecule has 60 valence electrons. The molecule has 0 amide bonds. The first-order chi connectivity index (χ1) is 5.79. The maximum atomic E-state index is 9.43. The summed E-state index contributed by atoms with van der Waals surface area (Å²) in [6, 6.07) is 5.32. The minimum atomic E-state index is 0.265. The Morgan fingerprint density at radius 3 is 2.75 bits per heavy atom. The predicted octanol–water partition coefficient (Wildman–Crippen LogP) is 2.70. The molecule has 2 aromatic rings. The number of benzene rings is 1. The highest BCUT2D eigenvalue weighted by Crippen LogP contribution is 2.29. The van der Waals surface area contributed by atoms with Crippen LogP contribution in [-0.4, -0.2) is 10.1 Å². The molecular weight excluding hydrogens is 218 g/mol. The van der Waals surface area contributed by atoms with Crippen molar-refractivity contribution in [3.8, 4) is 5.75 Å². The average Bonchev–Trinajstić information content (AvgIpc) is 2.12. The molecule has 1 aromatic carbocycles. The highest BCUT2D eigenvalue weighted by molar-refractivity contribution is 9.10. The summed E-state index contributed by atoms with van der Waals surface area (Å²) >= 11 is 3.39. The molecule has 2 rings (SSSR count). The summed E-state index contributed by atoms with van der Waals surface area (Å²) in [6.07, 6.45) is 3.35. The molecule has 1 aromatic heterocycles. The van der Waals surface area contributed by atoms with E-state index < -0.39 is 0 Å². The van der Waals surface area contributed by atoms with E-state index in [0.717, 1.165) is 15.2 Å². The normalized spacial score (nSPS) is 10.4. The van der Waals surface area contributed by atoms with Crippen LogP contribution in [0.5, 0.6) is 5.75 Å². The number of halogens is 1. The fourth-order valence-corrected chi connectivity index (χ4v) is 1.62. The first-order valence-electron chi connectivity index (χ1n) is 3.50. The van der Waals surface area contributed by atoms with Gasteiger partial charge in [0.15, 0.2) is 0 Å². The Labute approximate surface area is 78.0 Å². The molecule has 2 nitrogen and oxygen atoms in total. The summed E-state index contributed by atoms with van der Waals surface area (Å²) in [5.74, 6) is 0.265. The second-order valence-corrected chi connectivity index (χ2v) is 3.34. The molecule has 1 N–H and O–H groups in total. The molecule has 0 atom stereocenters. The molecule has 0 spiro atoms. The predicted molar refractivity (Wildman–Crippen MR) is 51.1 cm³/mol. The van der Waals surface area contributed by atoms with Gasteiger partial charge < -0.3 is 5.11 Å². The highest BCUT2D eigenvalue weighted by Gasteiger charge is 2.01. The van der Waals surface area contributed by atoms with Crippen LogP contribution in [0, 0.1) is 0 Å². The molecule has 0 aliphatic heterocycles. The van der Waals surface area contributed by atoms with Crippen LogP contribution in [0.2, 0.25) is 0 Å². The lowest BCUT2D eigenvalue weighted by atomic mass is 10.2. The molecule has 0 fully saturated rings. The molecular formula is C9H6BrNO. The lowest BCUT2D eigenvalue weighted by Gasteiger charge is -2.00. The van der Waals surface area contributed by atoms with Crippen LogP contribution in [0.3, 0.4) is 0 Å². The lowest BCUT2D eigenvalue weighted by Crippen LogP contribution is -1.77. The van der Waals surface area contributed by atoms with E-state index in [2.05, 4.69) is 20.9 Å². The van der Waals surface area contributed by atoms with Gasteiger partial charge in [-0.05, 0) is 18.2 Å². The van der Waals surface area contributed by atoms with Crippen LogP contribution in [-0.2, 0) is 0 Å². The van der Waals surface area contributed by atoms with Gasteiger partial charge in [0.1, 0.15) is 5.75 Å². The Bertz CT molecular complexity index is 387. The number of hydrogen-bond donors (Lipinski definition) is 1. The van der Waals surface area contributed by atoms with Crippen LogP contribution >= 0.6 is 15.9 Å². The van der Waals surface area contributed by atoms with Gasteiger partial charge in [-0.1, -0.05) is 15.9 Å². The van der Waals surface area contributed by atoms with E-state index in [1.807, 2.05) is 12.1 Å². The van der Waals surface area contributed by atoms with Gasteiger partial charge in [-0.15, -0.1) is 0 Å². The molecule has 0 bridgehead atoms. The van der Waals surface area contributed by atoms with Crippen molar-refractivity contribution < 1.29 is 5.11 Å². The third-order valence-electron chi connectivity index (χ3n) is 1.74. The Morgan fingerprint density at radius 1 is 1.17 bits per heavy atom. The van der Waals surface area contributed by atoms with Gasteiger partial charge in [0.05, 0.1) is 0 Å². The molecule has 0 radical (unpaired) electrons. The van der Waals surface area contributed by atoms with Crippen LogP contribution < -0.4 is 0 Å². The quantitative estimate of drug-likeness (QED) is 0.746. The largest absolute Gasteiger partial charge is 0.507 e. The van der Waals surface area contributed by atoms with E-state index in [1.165, 1.54) is 0 Å². The van der Waals surface area contributed by atoms with E-state index in [1.54, 1.807) is 18.5 Å². The second kappa shape index (κ2) is 2.75. The Hall–Kier alpha value is -1.09. The first-order valence-corrected chi connectivity index (χ1v) is 4.29. The molecule has 0 saturated carbocycles. The van der Waals surface area contributed by atoms with Crippen molar-refractivity contribution in [1.29, 1.82) is 0 Å². The lowest BCUT2D eigenvalue weighted by molar-refractivity contribution is 0.481. The van der Waals surface area contributed by atoms with Gasteiger partial charge in [0.25, 0.3) is 0 Å². The summed E-state index contributed by atoms with van der Waals surface area (Å²) in [7, 11) is 0. The summed E-state index contributed by atoms with van der Waals surface area (Å²) in [4.78, 5) is 3.93. The summed E-state index contributed by atoms with van der Waals surface area (Å²) < 4.78 is 0.970. The summed E-state index contributed by atoms with van der Waals surface area (Å²) in [5.41, 5.74) is 0. The monoisotopic (exact) mass is 223 g/mol. The molecule has 1 heterocycles. The number of phenols is 1. The average molecular weight is 224 g/mol. The van der Waals surface area contributed by atoms with Gasteiger partial charge in [-0.3, -0.25) is 4.98 Å². The van der Waals surface area contributed by atoms with E-state index in [0.29, 0.717) is 0 Å². The van der Waals surface area contributed by atoms with Gasteiger partial charge >= 0.3 is 0 Å². The molecule has 3 heteroatoms. The Morgan fingerprint density at radius 2 is 2.00 bits per heavy atom. The number of aromatic hydroxyl groups is 1. The van der Waals surface area contributed by atoms with Crippen molar-refractivity contribution in [1.82, 2.24) is 4.98 Å². The zero-order chi connectivity index (χ0) is 8.55. The van der Waals surface area contributed by atoms with Gasteiger partial charge in [-0.2, -0.15) is 0 Å². The van der Waals surface area contributed by atoms with Crippen LogP contribution in [0.15, 0.2) is 35.1 Å². The van der Waals surface area contributed by atoms with Crippen LogP contribution in [0.25, 0.3) is 10.8 Å². The maximum Gasteiger partial charge on any atom is 0.125 e. The number of phenolic OH excluding ortho intramolecular Hbond substituents is 1. The minimum Gasteiger partial charge on any atom is -0.507 e. The third kappa shape index (κ3) is 1.06. The Balaban J connectivity index is 2.95. The van der Waals surface area contributed by atoms with Gasteiger partial charge in [-0.25, -0.2) is 0 Å². The van der Waals surface area contributed by atoms with E-state index >= 15 is 0 Å². The number of rotatable bonds is 0. The smallest absolute Gasteiger partial charge is 0.125 e. The van der Waals surface area contributed by atoms with Crippen molar-refractivity contribution in [2.24, 2.45) is 0 Å². The highest BCUT2D eigenvalue weighted by atomic mass is 79.9. The third-order valence-corrected chi connectivity index (χ3v) is 2.43. The molecule has 0 unspecified atom stereocenters. The number of nitrogens with zero attached hydrogens (tertiary/aromatic N) is 1. The van der Waals surface area contributed by atoms with E-state index in [9.17, 15) is 5.11 Å². The number of fused-ring (bicyclic) bond motifs is 1. The van der Waals surface area contributed by atoms with Crippen LogP contribution in [0.1, 0.15) is 0 Å². The zero-order valence-electron chi connectivity index (χ0n) is 6.16. The van der Waals surface area contributed by atoms with Crippen molar-refractivity contribution in [2.45, 2.75) is 0 Å².